The van der Waals surface area contributed by atoms with E-state index in [0.717, 1.165) is 22.0 Å². The molecular formula is C13H17BrN2O2S2. The predicted molar refractivity (Wildman–Crippen MR) is 78.9 cm³/mol. The number of sulfone groups is 1. The number of thioether (sulfide) groups is 1. The van der Waals surface area contributed by atoms with E-state index in [4.69, 9.17) is 5.73 Å². The molecule has 0 amide bonds. The Hall–Kier alpha value is -0.530. The Bertz CT molecular complexity index is 665. The fourth-order valence-electron chi connectivity index (χ4n) is 2.99. The van der Waals surface area contributed by atoms with Gasteiger partial charge < -0.3 is 17.0 Å². The Morgan fingerprint density at radius 1 is 1.25 bits per heavy atom. The smallest absolute Gasteiger partial charge is 0.310 e. The van der Waals surface area contributed by atoms with Crippen molar-refractivity contribution in [3.63, 3.8) is 0 Å². The number of hydrogen-bond acceptors (Lipinski definition) is 4. The number of amidine groups is 1. The molecule has 2 unspecified atom stereocenters. The van der Waals surface area contributed by atoms with Gasteiger partial charge in [-0.15, -0.1) is 0 Å². The molecule has 20 heavy (non-hydrogen) atoms. The average Bonchev–Trinajstić information content (AvgIpc) is 2.71. The van der Waals surface area contributed by atoms with Gasteiger partial charge in [-0.3, -0.25) is 5.73 Å². The van der Waals surface area contributed by atoms with E-state index in [1.165, 1.54) is 11.8 Å². The Balaban J connectivity index is 0.00000147. The Morgan fingerprint density at radius 2 is 1.85 bits per heavy atom. The Labute approximate surface area is 134 Å². The first-order chi connectivity index (χ1) is 8.89. The lowest BCUT2D eigenvalue weighted by Gasteiger charge is -2.15. The van der Waals surface area contributed by atoms with Crippen LogP contribution in [0.1, 0.15) is 11.1 Å². The van der Waals surface area contributed by atoms with Crippen molar-refractivity contribution < 1.29 is 30.0 Å². The van der Waals surface area contributed by atoms with Crippen LogP contribution < -0.4 is 22.7 Å². The molecule has 4 nitrogen and oxygen atoms in total. The summed E-state index contributed by atoms with van der Waals surface area (Å²) in [6.45, 7) is 4.08. The quantitative estimate of drug-likeness (QED) is 0.586. The van der Waals surface area contributed by atoms with Gasteiger partial charge in [0.15, 0.2) is 9.84 Å². The second kappa shape index (κ2) is 5.35. The van der Waals surface area contributed by atoms with E-state index in [9.17, 15) is 8.42 Å². The van der Waals surface area contributed by atoms with Crippen LogP contribution in [0, 0.1) is 13.8 Å². The first-order valence-corrected chi connectivity index (χ1v) is 8.94. The van der Waals surface area contributed by atoms with Crippen LogP contribution in [0.15, 0.2) is 18.2 Å². The van der Waals surface area contributed by atoms with Crippen molar-refractivity contribution in [3.05, 3.63) is 29.3 Å². The second-order valence-corrected chi connectivity index (χ2v) is 8.66. The van der Waals surface area contributed by atoms with Gasteiger partial charge in [-0.2, -0.15) is 0 Å². The van der Waals surface area contributed by atoms with E-state index in [-0.39, 0.29) is 39.8 Å². The number of para-hydroxylation sites is 1. The molecule has 0 radical (unpaired) electrons. The van der Waals surface area contributed by atoms with Crippen molar-refractivity contribution in [1.29, 1.82) is 0 Å². The van der Waals surface area contributed by atoms with Crippen molar-refractivity contribution in [2.45, 2.75) is 25.1 Å². The fraction of sp³-hybridized carbons (Fsp3) is 0.462. The summed E-state index contributed by atoms with van der Waals surface area (Å²) in [6.07, 6.45) is 0. The molecular weight excluding hydrogens is 360 g/mol. The van der Waals surface area contributed by atoms with Gasteiger partial charge in [-0.05, 0) is 36.7 Å². The minimum absolute atomic E-state index is 0. The third kappa shape index (κ3) is 2.51. The first-order valence-electron chi connectivity index (χ1n) is 6.24. The lowest BCUT2D eigenvalue weighted by Crippen LogP contribution is -3.00. The number of aryl methyl sites for hydroxylation is 2. The molecule has 0 bridgehead atoms. The van der Waals surface area contributed by atoms with Gasteiger partial charge in [-0.25, -0.2) is 13.0 Å². The third-order valence-corrected chi connectivity index (χ3v) is 6.94. The highest BCUT2D eigenvalue weighted by Gasteiger charge is 2.50. The largest absolute Gasteiger partial charge is 1.00 e. The highest BCUT2D eigenvalue weighted by molar-refractivity contribution is 8.15. The van der Waals surface area contributed by atoms with Crippen molar-refractivity contribution in [3.8, 4) is 0 Å². The zero-order valence-corrected chi connectivity index (χ0v) is 14.6. The summed E-state index contributed by atoms with van der Waals surface area (Å²) in [7, 11) is -2.93. The Morgan fingerprint density at radius 3 is 2.45 bits per heavy atom. The van der Waals surface area contributed by atoms with Gasteiger partial charge in [0.1, 0.15) is 11.7 Å². The number of rotatable bonds is 1. The van der Waals surface area contributed by atoms with E-state index in [1.807, 2.05) is 36.6 Å². The number of nitrogens with two attached hydrogens (primary N) is 1. The molecule has 0 aromatic heterocycles. The number of fused-ring (bicyclic) bond motifs is 1. The van der Waals surface area contributed by atoms with Crippen LogP contribution in [0.2, 0.25) is 0 Å². The molecule has 1 fully saturated rings. The standard InChI is InChI=1S/C13H16N2O2S2.BrH/c1-8-4-3-5-9(2)12(8)15-10-6-19(16,17)7-11(10)18-13(15)14;/h3-5,10-11,14H,6-7H2,1-2H3;1H. The van der Waals surface area contributed by atoms with E-state index in [1.54, 1.807) is 0 Å². The summed E-state index contributed by atoms with van der Waals surface area (Å²) < 4.78 is 25.6. The number of hydrogen-bond donors (Lipinski definition) is 1. The van der Waals surface area contributed by atoms with E-state index >= 15 is 0 Å². The summed E-state index contributed by atoms with van der Waals surface area (Å²) >= 11 is 1.50. The molecule has 2 atom stereocenters. The zero-order valence-electron chi connectivity index (χ0n) is 11.3. The lowest BCUT2D eigenvalue weighted by atomic mass is 10.1. The van der Waals surface area contributed by atoms with Crippen molar-refractivity contribution in [2.24, 2.45) is 5.73 Å². The maximum atomic E-state index is 11.8. The van der Waals surface area contributed by atoms with E-state index in [0.29, 0.717) is 0 Å². The van der Waals surface area contributed by atoms with Crippen LogP contribution in [0.5, 0.6) is 0 Å². The molecule has 1 aromatic carbocycles. The summed E-state index contributed by atoms with van der Waals surface area (Å²) in [6, 6.07) is 6.07. The average molecular weight is 377 g/mol. The van der Waals surface area contributed by atoms with Gasteiger partial charge in [0, 0.05) is 0 Å². The molecule has 3 rings (SSSR count). The minimum Gasteiger partial charge on any atom is -1.00 e. The molecule has 2 aliphatic heterocycles. The molecule has 2 N–H and O–H groups in total. The van der Waals surface area contributed by atoms with Crippen LogP contribution in [-0.4, -0.2) is 41.0 Å². The molecule has 0 saturated carbocycles. The molecule has 110 valence electrons. The minimum atomic E-state index is -2.93. The van der Waals surface area contributed by atoms with Crippen LogP contribution >= 0.6 is 11.8 Å². The molecule has 7 heteroatoms. The van der Waals surface area contributed by atoms with Crippen LogP contribution in [0.3, 0.4) is 0 Å². The van der Waals surface area contributed by atoms with Crippen LogP contribution in [-0.2, 0) is 9.84 Å². The highest BCUT2D eigenvalue weighted by Crippen LogP contribution is 2.38. The van der Waals surface area contributed by atoms with Crippen molar-refractivity contribution in [1.82, 2.24) is 0 Å². The normalized spacial score (nSPS) is 27.3. The second-order valence-electron chi connectivity index (χ2n) is 5.25. The molecule has 0 spiro atoms. The fourth-order valence-corrected chi connectivity index (χ4v) is 6.79. The van der Waals surface area contributed by atoms with Crippen LogP contribution in [0.25, 0.3) is 0 Å². The molecule has 2 heterocycles. The van der Waals surface area contributed by atoms with Gasteiger partial charge in [0.25, 0.3) is 0 Å². The van der Waals surface area contributed by atoms with Gasteiger partial charge >= 0.3 is 5.17 Å². The van der Waals surface area contributed by atoms with Gasteiger partial charge in [-0.1, -0.05) is 18.2 Å². The zero-order chi connectivity index (χ0) is 13.8. The number of benzene rings is 1. The predicted octanol–water partition coefficient (Wildman–Crippen LogP) is -1.82. The molecule has 1 aromatic rings. The topological polar surface area (TPSA) is 63.2 Å². The number of nitrogens with zero attached hydrogens (tertiary/aromatic N) is 1. The van der Waals surface area contributed by atoms with Crippen molar-refractivity contribution in [2.75, 3.05) is 11.5 Å². The first kappa shape index (κ1) is 15.9. The SMILES string of the molecule is Cc1cccc(C)c1[N+]1=C(N)SC2CS(=O)(=O)CC21.[Br-]. The highest BCUT2D eigenvalue weighted by atomic mass is 79.9. The third-order valence-electron chi connectivity index (χ3n) is 3.79. The number of halogens is 1. The van der Waals surface area contributed by atoms with E-state index < -0.39 is 9.84 Å². The molecule has 2 aliphatic rings. The van der Waals surface area contributed by atoms with E-state index in [2.05, 4.69) is 0 Å². The molecule has 1 saturated heterocycles. The van der Waals surface area contributed by atoms with Crippen LogP contribution in [0.4, 0.5) is 5.69 Å². The summed E-state index contributed by atoms with van der Waals surface area (Å²) in [5.74, 6) is 0.448. The lowest BCUT2D eigenvalue weighted by molar-refractivity contribution is -0.471. The summed E-state index contributed by atoms with van der Waals surface area (Å²) in [5.41, 5.74) is 9.47. The molecule has 0 aliphatic carbocycles. The summed E-state index contributed by atoms with van der Waals surface area (Å²) in [4.78, 5) is 0. The maximum absolute atomic E-state index is 11.8. The van der Waals surface area contributed by atoms with Gasteiger partial charge in [0.05, 0.1) is 16.8 Å². The summed E-state index contributed by atoms with van der Waals surface area (Å²) in [5, 5.41) is 0.798. The monoisotopic (exact) mass is 376 g/mol. The Kier molecular flexibility index (Phi) is 4.24. The van der Waals surface area contributed by atoms with Gasteiger partial charge in [0.2, 0.25) is 0 Å². The van der Waals surface area contributed by atoms with Crippen molar-refractivity contribution >= 4 is 32.5 Å². The maximum Gasteiger partial charge on any atom is 0.310 e.